The Labute approximate surface area is 159 Å². The summed E-state index contributed by atoms with van der Waals surface area (Å²) in [5.41, 5.74) is 1.77. The molecule has 1 fully saturated rings. The summed E-state index contributed by atoms with van der Waals surface area (Å²) in [7, 11) is -3.73. The number of sulfonamides is 1. The number of anilines is 2. The fraction of sp³-hybridized carbons (Fsp3) is 0.316. The fourth-order valence-corrected chi connectivity index (χ4v) is 3.80. The largest absolute Gasteiger partial charge is 0.360 e. The van der Waals surface area contributed by atoms with Crippen molar-refractivity contribution in [1.82, 2.24) is 0 Å². The number of quaternary nitrogens is 1. The highest BCUT2D eigenvalue weighted by atomic mass is 32.2. The third-order valence-corrected chi connectivity index (χ3v) is 5.91. The maximum Gasteiger partial charge on any atom is 0.282 e. The summed E-state index contributed by atoms with van der Waals surface area (Å²) in [5.74, 6) is -0.0819. The molecular weight excluding hydrogens is 364 g/mol. The molecule has 0 aliphatic carbocycles. The monoisotopic (exact) mass is 389 g/mol. The van der Waals surface area contributed by atoms with Crippen LogP contribution in [0, 0.1) is 0 Å². The van der Waals surface area contributed by atoms with E-state index in [1.807, 2.05) is 25.1 Å². The first-order valence-corrected chi connectivity index (χ1v) is 10.5. The van der Waals surface area contributed by atoms with Crippen molar-refractivity contribution in [2.75, 3.05) is 36.4 Å². The zero-order chi connectivity index (χ0) is 19.4. The molecule has 1 aliphatic heterocycles. The Hall–Kier alpha value is -2.42. The van der Waals surface area contributed by atoms with Crippen LogP contribution in [0.15, 0.2) is 59.5 Å². The maximum atomic E-state index is 12.6. The van der Waals surface area contributed by atoms with Crippen molar-refractivity contribution in [2.24, 2.45) is 5.14 Å². The van der Waals surface area contributed by atoms with Crippen molar-refractivity contribution in [2.45, 2.75) is 17.9 Å². The van der Waals surface area contributed by atoms with Crippen molar-refractivity contribution < 1.29 is 18.1 Å². The number of rotatable bonds is 5. The van der Waals surface area contributed by atoms with E-state index in [1.165, 1.54) is 22.7 Å². The lowest BCUT2D eigenvalue weighted by molar-refractivity contribution is -0.914. The number of benzene rings is 2. The summed E-state index contributed by atoms with van der Waals surface area (Å²) in [4.78, 5) is 16.2. The van der Waals surface area contributed by atoms with E-state index < -0.39 is 10.0 Å². The molecule has 2 aromatic rings. The van der Waals surface area contributed by atoms with Crippen molar-refractivity contribution in [3.63, 3.8) is 0 Å². The number of nitrogens with two attached hydrogens (primary N) is 1. The number of carbonyl (C=O) groups is 1. The molecule has 0 bridgehead atoms. The molecule has 0 aromatic heterocycles. The molecule has 0 radical (unpaired) electrons. The van der Waals surface area contributed by atoms with Gasteiger partial charge in [-0.05, 0) is 43.3 Å². The molecule has 1 saturated heterocycles. The number of para-hydroxylation sites is 1. The first-order valence-electron chi connectivity index (χ1n) is 8.93. The van der Waals surface area contributed by atoms with Gasteiger partial charge in [0.25, 0.3) is 5.91 Å². The van der Waals surface area contributed by atoms with Crippen LogP contribution in [0.2, 0.25) is 0 Å². The van der Waals surface area contributed by atoms with Crippen molar-refractivity contribution in [3.8, 4) is 0 Å². The Balaban J connectivity index is 1.55. The third-order valence-electron chi connectivity index (χ3n) is 4.98. The van der Waals surface area contributed by atoms with E-state index in [0.717, 1.165) is 26.2 Å². The van der Waals surface area contributed by atoms with Gasteiger partial charge in [0.1, 0.15) is 0 Å². The van der Waals surface area contributed by atoms with Gasteiger partial charge in [-0.2, -0.15) is 0 Å². The quantitative estimate of drug-likeness (QED) is 0.674. The molecule has 0 spiro atoms. The van der Waals surface area contributed by atoms with Gasteiger partial charge in [-0.1, -0.05) is 18.2 Å². The Bertz CT molecular complexity index is 877. The van der Waals surface area contributed by atoms with Gasteiger partial charge >= 0.3 is 0 Å². The zero-order valence-corrected chi connectivity index (χ0v) is 16.1. The second kappa shape index (κ2) is 8.08. The SMILES string of the molecule is C[C@H](C(=O)Nc1ccc(S(N)(=O)=O)cc1)[NH+]1CCN(c2ccccc2)CC1. The smallest absolute Gasteiger partial charge is 0.282 e. The van der Waals surface area contributed by atoms with E-state index >= 15 is 0 Å². The minimum Gasteiger partial charge on any atom is -0.360 e. The van der Waals surface area contributed by atoms with Crippen LogP contribution in [0.25, 0.3) is 0 Å². The lowest BCUT2D eigenvalue weighted by atomic mass is 10.2. The Morgan fingerprint density at radius 1 is 1.07 bits per heavy atom. The van der Waals surface area contributed by atoms with Gasteiger partial charge in [-0.15, -0.1) is 0 Å². The number of hydrogen-bond acceptors (Lipinski definition) is 4. The number of hydrogen-bond donors (Lipinski definition) is 3. The summed E-state index contributed by atoms with van der Waals surface area (Å²) in [6, 6.07) is 16.0. The van der Waals surface area contributed by atoms with Crippen molar-refractivity contribution in [3.05, 3.63) is 54.6 Å². The van der Waals surface area contributed by atoms with E-state index in [-0.39, 0.29) is 16.8 Å². The molecule has 1 heterocycles. The van der Waals surface area contributed by atoms with Gasteiger partial charge in [-0.25, -0.2) is 13.6 Å². The summed E-state index contributed by atoms with van der Waals surface area (Å²) in [5, 5.41) is 7.94. The van der Waals surface area contributed by atoms with E-state index in [0.29, 0.717) is 5.69 Å². The highest BCUT2D eigenvalue weighted by Gasteiger charge is 2.29. The van der Waals surface area contributed by atoms with Crippen LogP contribution in [0.4, 0.5) is 11.4 Å². The highest BCUT2D eigenvalue weighted by Crippen LogP contribution is 2.14. The maximum absolute atomic E-state index is 12.6. The highest BCUT2D eigenvalue weighted by molar-refractivity contribution is 7.89. The lowest BCUT2D eigenvalue weighted by Crippen LogP contribution is -3.19. The Morgan fingerprint density at radius 2 is 1.67 bits per heavy atom. The number of primary sulfonamides is 1. The van der Waals surface area contributed by atoms with Crippen molar-refractivity contribution >= 4 is 27.3 Å². The lowest BCUT2D eigenvalue weighted by Gasteiger charge is -2.36. The molecule has 1 amide bonds. The van der Waals surface area contributed by atoms with E-state index in [9.17, 15) is 13.2 Å². The van der Waals surface area contributed by atoms with Crippen LogP contribution < -0.4 is 20.3 Å². The molecular formula is C19H25N4O3S+. The van der Waals surface area contributed by atoms with Gasteiger partial charge in [0.15, 0.2) is 6.04 Å². The van der Waals surface area contributed by atoms with Gasteiger partial charge in [0.05, 0.1) is 31.1 Å². The minimum atomic E-state index is -3.73. The second-order valence-electron chi connectivity index (χ2n) is 6.76. The number of amides is 1. The van der Waals surface area contributed by atoms with Crippen LogP contribution in [-0.2, 0) is 14.8 Å². The number of piperazine rings is 1. The number of carbonyl (C=O) groups excluding carboxylic acids is 1. The summed E-state index contributed by atoms with van der Waals surface area (Å²) < 4.78 is 22.6. The van der Waals surface area contributed by atoms with E-state index in [4.69, 9.17) is 5.14 Å². The first-order chi connectivity index (χ1) is 12.8. The molecule has 0 unspecified atom stereocenters. The van der Waals surface area contributed by atoms with Gasteiger partial charge < -0.3 is 15.1 Å². The average molecular weight is 390 g/mol. The molecule has 4 N–H and O–H groups in total. The Morgan fingerprint density at radius 3 is 2.22 bits per heavy atom. The van der Waals surface area contributed by atoms with E-state index in [2.05, 4.69) is 22.3 Å². The summed E-state index contributed by atoms with van der Waals surface area (Å²) >= 11 is 0. The molecule has 8 heteroatoms. The van der Waals surface area contributed by atoms with Crippen LogP contribution in [0.1, 0.15) is 6.92 Å². The summed E-state index contributed by atoms with van der Waals surface area (Å²) in [6.45, 7) is 5.49. The predicted octanol–water partition coefficient (Wildman–Crippen LogP) is 0.0661. The van der Waals surface area contributed by atoms with Crippen LogP contribution in [0.5, 0.6) is 0 Å². The van der Waals surface area contributed by atoms with Gasteiger partial charge in [-0.3, -0.25) is 4.79 Å². The third kappa shape index (κ3) is 4.85. The molecule has 1 atom stereocenters. The first kappa shape index (κ1) is 19.3. The normalized spacial score (nSPS) is 16.7. The average Bonchev–Trinajstić information content (AvgIpc) is 2.68. The second-order valence-corrected chi connectivity index (χ2v) is 8.32. The number of nitrogens with zero attached hydrogens (tertiary/aromatic N) is 1. The zero-order valence-electron chi connectivity index (χ0n) is 15.3. The number of nitrogens with one attached hydrogen (secondary N) is 2. The topological polar surface area (TPSA) is 96.9 Å². The van der Waals surface area contributed by atoms with E-state index in [1.54, 1.807) is 12.1 Å². The molecule has 144 valence electrons. The summed E-state index contributed by atoms with van der Waals surface area (Å²) in [6.07, 6.45) is 0. The van der Waals surface area contributed by atoms with Crippen LogP contribution >= 0.6 is 0 Å². The van der Waals surface area contributed by atoms with Crippen LogP contribution in [-0.4, -0.2) is 46.5 Å². The van der Waals surface area contributed by atoms with Crippen molar-refractivity contribution in [1.29, 1.82) is 0 Å². The molecule has 7 nitrogen and oxygen atoms in total. The van der Waals surface area contributed by atoms with Crippen LogP contribution in [0.3, 0.4) is 0 Å². The van der Waals surface area contributed by atoms with Gasteiger partial charge in [0, 0.05) is 11.4 Å². The molecule has 2 aromatic carbocycles. The molecule has 1 aliphatic rings. The predicted molar refractivity (Wildman–Crippen MR) is 105 cm³/mol. The van der Waals surface area contributed by atoms with Gasteiger partial charge in [0.2, 0.25) is 10.0 Å². The fourth-order valence-electron chi connectivity index (χ4n) is 3.29. The minimum absolute atomic E-state index is 0.0243. The molecule has 3 rings (SSSR count). The Kier molecular flexibility index (Phi) is 5.79. The molecule has 0 saturated carbocycles. The standard InChI is InChI=1S/C19H24N4O3S/c1-15(19(24)21-16-7-9-18(10-8-16)27(20,25)26)22-11-13-23(14-12-22)17-5-3-2-4-6-17/h2-10,15H,11-14H2,1H3,(H,21,24)(H2,20,25,26)/p+1/t15-/m1/s1. The molecule has 27 heavy (non-hydrogen) atoms.